The highest BCUT2D eigenvalue weighted by Crippen LogP contribution is 2.23. The normalized spacial score (nSPS) is 10.7. The van der Waals surface area contributed by atoms with Gasteiger partial charge >= 0.3 is 5.97 Å². The number of carbonyl (C=O) groups is 1. The summed E-state index contributed by atoms with van der Waals surface area (Å²) in [6.45, 7) is 2.02. The standard InChI is InChI=1S/C13H14F2O3/c1-3-18-13(16)6-4-5-9-7-10(14)11(15)8-12(9)17-2/h4-5,7-8H,3,6H2,1-2H3. The summed E-state index contributed by atoms with van der Waals surface area (Å²) < 4.78 is 35.6. The van der Waals surface area contributed by atoms with Gasteiger partial charge in [0.05, 0.1) is 20.1 Å². The molecule has 0 saturated heterocycles. The van der Waals surface area contributed by atoms with Gasteiger partial charge in [0.15, 0.2) is 11.6 Å². The van der Waals surface area contributed by atoms with Crippen molar-refractivity contribution in [2.24, 2.45) is 0 Å². The summed E-state index contributed by atoms with van der Waals surface area (Å²) in [7, 11) is 1.36. The molecule has 0 aliphatic rings. The molecule has 0 fully saturated rings. The first-order valence-corrected chi connectivity index (χ1v) is 5.43. The van der Waals surface area contributed by atoms with E-state index in [0.29, 0.717) is 12.2 Å². The molecule has 1 aromatic rings. The van der Waals surface area contributed by atoms with Gasteiger partial charge in [-0.15, -0.1) is 0 Å². The molecule has 0 heterocycles. The summed E-state index contributed by atoms with van der Waals surface area (Å²) in [5.41, 5.74) is 0.362. The van der Waals surface area contributed by atoms with Gasteiger partial charge in [0.25, 0.3) is 0 Å². The van der Waals surface area contributed by atoms with Gasteiger partial charge in [-0.25, -0.2) is 8.78 Å². The number of hydrogen-bond donors (Lipinski definition) is 0. The van der Waals surface area contributed by atoms with E-state index in [2.05, 4.69) is 0 Å². The van der Waals surface area contributed by atoms with Gasteiger partial charge in [-0.3, -0.25) is 4.79 Å². The Kier molecular flexibility index (Phi) is 5.30. The fourth-order valence-electron chi connectivity index (χ4n) is 1.35. The van der Waals surface area contributed by atoms with E-state index in [0.717, 1.165) is 12.1 Å². The Balaban J connectivity index is 2.80. The number of ether oxygens (including phenoxy) is 2. The molecule has 3 nitrogen and oxygen atoms in total. The van der Waals surface area contributed by atoms with Gasteiger partial charge < -0.3 is 9.47 Å². The average Bonchev–Trinajstić information content (AvgIpc) is 2.33. The van der Waals surface area contributed by atoms with E-state index in [1.54, 1.807) is 6.92 Å². The largest absolute Gasteiger partial charge is 0.496 e. The van der Waals surface area contributed by atoms with Gasteiger partial charge in [0.2, 0.25) is 0 Å². The molecule has 98 valence electrons. The molecule has 0 atom stereocenters. The van der Waals surface area contributed by atoms with E-state index in [4.69, 9.17) is 9.47 Å². The van der Waals surface area contributed by atoms with Crippen molar-refractivity contribution in [1.29, 1.82) is 0 Å². The van der Waals surface area contributed by atoms with Crippen molar-refractivity contribution in [2.75, 3.05) is 13.7 Å². The van der Waals surface area contributed by atoms with Crippen molar-refractivity contribution < 1.29 is 23.0 Å². The Morgan fingerprint density at radius 2 is 2.00 bits per heavy atom. The molecule has 0 amide bonds. The fourth-order valence-corrected chi connectivity index (χ4v) is 1.35. The highest BCUT2D eigenvalue weighted by molar-refractivity contribution is 5.73. The number of rotatable bonds is 5. The van der Waals surface area contributed by atoms with Gasteiger partial charge in [0.1, 0.15) is 5.75 Å². The summed E-state index contributed by atoms with van der Waals surface area (Å²) in [5, 5.41) is 0. The van der Waals surface area contributed by atoms with Gasteiger partial charge in [-0.05, 0) is 13.0 Å². The van der Waals surface area contributed by atoms with E-state index < -0.39 is 11.6 Å². The van der Waals surface area contributed by atoms with E-state index in [-0.39, 0.29) is 18.1 Å². The first-order chi connectivity index (χ1) is 8.58. The van der Waals surface area contributed by atoms with E-state index in [1.807, 2.05) is 0 Å². The SMILES string of the molecule is CCOC(=O)CC=Cc1cc(F)c(F)cc1OC. The predicted molar refractivity (Wildman–Crippen MR) is 63.2 cm³/mol. The lowest BCUT2D eigenvalue weighted by molar-refractivity contribution is -0.142. The second-order valence-corrected chi connectivity index (χ2v) is 3.42. The predicted octanol–water partition coefficient (Wildman–Crippen LogP) is 2.94. The third-order valence-corrected chi connectivity index (χ3v) is 2.16. The lowest BCUT2D eigenvalue weighted by Crippen LogP contribution is -2.01. The maximum absolute atomic E-state index is 13.0. The fraction of sp³-hybridized carbons (Fsp3) is 0.308. The van der Waals surface area contributed by atoms with Crippen LogP contribution in [0.3, 0.4) is 0 Å². The van der Waals surface area contributed by atoms with Gasteiger partial charge in [0, 0.05) is 11.6 Å². The Bertz CT molecular complexity index is 456. The van der Waals surface area contributed by atoms with E-state index >= 15 is 0 Å². The molecule has 0 radical (unpaired) electrons. The van der Waals surface area contributed by atoms with Crippen LogP contribution in [0.1, 0.15) is 18.9 Å². The molecule has 0 aromatic heterocycles. The quantitative estimate of drug-likeness (QED) is 0.760. The van der Waals surface area contributed by atoms with Crippen molar-refractivity contribution in [3.05, 3.63) is 35.4 Å². The van der Waals surface area contributed by atoms with Crippen molar-refractivity contribution in [2.45, 2.75) is 13.3 Å². The molecule has 0 aliphatic heterocycles. The van der Waals surface area contributed by atoms with Crippen LogP contribution < -0.4 is 4.74 Å². The zero-order valence-electron chi connectivity index (χ0n) is 10.2. The van der Waals surface area contributed by atoms with Crippen LogP contribution in [0.5, 0.6) is 5.75 Å². The smallest absolute Gasteiger partial charge is 0.309 e. The monoisotopic (exact) mass is 256 g/mol. The van der Waals surface area contributed by atoms with Crippen LogP contribution in [0.4, 0.5) is 8.78 Å². The third-order valence-electron chi connectivity index (χ3n) is 2.16. The second kappa shape index (κ2) is 6.74. The molecule has 1 rings (SSSR count). The Hall–Kier alpha value is -1.91. The Labute approximate surface area is 104 Å². The Morgan fingerprint density at radius 3 is 2.61 bits per heavy atom. The van der Waals surface area contributed by atoms with E-state index in [9.17, 15) is 13.6 Å². The molecule has 0 unspecified atom stereocenters. The lowest BCUT2D eigenvalue weighted by atomic mass is 10.1. The molecular weight excluding hydrogens is 242 g/mol. The van der Waals surface area contributed by atoms with Crippen LogP contribution in [0.15, 0.2) is 18.2 Å². The maximum atomic E-state index is 13.0. The first-order valence-electron chi connectivity index (χ1n) is 5.43. The minimum atomic E-state index is -0.977. The molecule has 1 aromatic carbocycles. The summed E-state index contributed by atoms with van der Waals surface area (Å²) in [6, 6.07) is 1.97. The van der Waals surface area contributed by atoms with Gasteiger partial charge in [-0.2, -0.15) is 0 Å². The van der Waals surface area contributed by atoms with Crippen LogP contribution in [0.2, 0.25) is 0 Å². The molecule has 5 heteroatoms. The minimum Gasteiger partial charge on any atom is -0.496 e. The zero-order chi connectivity index (χ0) is 13.5. The molecular formula is C13H14F2O3. The minimum absolute atomic E-state index is 0.0655. The topological polar surface area (TPSA) is 35.5 Å². The molecule has 18 heavy (non-hydrogen) atoms. The number of hydrogen-bond acceptors (Lipinski definition) is 3. The highest BCUT2D eigenvalue weighted by atomic mass is 19.2. The molecule has 0 saturated carbocycles. The number of benzene rings is 1. The summed E-state index contributed by atoms with van der Waals surface area (Å²) in [6.07, 6.45) is 3.06. The van der Waals surface area contributed by atoms with Crippen molar-refractivity contribution in [3.8, 4) is 5.75 Å². The van der Waals surface area contributed by atoms with Crippen molar-refractivity contribution in [3.63, 3.8) is 0 Å². The lowest BCUT2D eigenvalue weighted by Gasteiger charge is -2.05. The van der Waals surface area contributed by atoms with E-state index in [1.165, 1.54) is 19.3 Å². The average molecular weight is 256 g/mol. The van der Waals surface area contributed by atoms with Crippen LogP contribution in [0, 0.1) is 11.6 Å². The van der Waals surface area contributed by atoms with Gasteiger partial charge in [-0.1, -0.05) is 12.2 Å². The maximum Gasteiger partial charge on any atom is 0.309 e. The summed E-state index contributed by atoms with van der Waals surface area (Å²) in [5.74, 6) is -2.12. The first kappa shape index (κ1) is 14.2. The number of methoxy groups -OCH3 is 1. The molecule has 0 bridgehead atoms. The third kappa shape index (κ3) is 3.84. The van der Waals surface area contributed by atoms with Crippen LogP contribution in [-0.2, 0) is 9.53 Å². The molecule has 0 aliphatic carbocycles. The Morgan fingerprint density at radius 1 is 1.33 bits per heavy atom. The zero-order valence-corrected chi connectivity index (χ0v) is 10.2. The summed E-state index contributed by atoms with van der Waals surface area (Å²) >= 11 is 0. The second-order valence-electron chi connectivity index (χ2n) is 3.42. The molecule has 0 N–H and O–H groups in total. The molecule has 0 spiro atoms. The number of carbonyl (C=O) groups excluding carboxylic acids is 1. The van der Waals surface area contributed by atoms with Crippen molar-refractivity contribution >= 4 is 12.0 Å². The highest BCUT2D eigenvalue weighted by Gasteiger charge is 2.08. The number of esters is 1. The number of halogens is 2. The summed E-state index contributed by atoms with van der Waals surface area (Å²) in [4.78, 5) is 11.1. The van der Waals surface area contributed by atoms with Crippen LogP contribution in [0.25, 0.3) is 6.08 Å². The van der Waals surface area contributed by atoms with Crippen molar-refractivity contribution in [1.82, 2.24) is 0 Å². The van der Waals surface area contributed by atoms with Crippen LogP contribution >= 0.6 is 0 Å². The van der Waals surface area contributed by atoms with Crippen LogP contribution in [-0.4, -0.2) is 19.7 Å².